The maximum Gasteiger partial charge on any atom is 0.282 e. The van der Waals surface area contributed by atoms with Crippen molar-refractivity contribution < 1.29 is 14.3 Å². The molecule has 4 rings (SSSR count). The van der Waals surface area contributed by atoms with E-state index in [9.17, 15) is 9.59 Å². The molecule has 1 N–H and O–H groups in total. The third-order valence-electron chi connectivity index (χ3n) is 4.99. The maximum absolute atomic E-state index is 13.4. The number of hydrogen-bond donors (Lipinski definition) is 1. The average Bonchev–Trinajstić information content (AvgIpc) is 3.01. The van der Waals surface area contributed by atoms with Gasteiger partial charge in [0, 0.05) is 10.7 Å². The summed E-state index contributed by atoms with van der Waals surface area (Å²) in [5, 5.41) is 3.70. The molecule has 1 heterocycles. The number of amides is 2. The molecule has 1 aliphatic rings. The number of carbonyl (C=O) groups excluding carboxylic acids is 2. The third kappa shape index (κ3) is 4.05. The number of para-hydroxylation sites is 1. The molecular formula is C25H21ClN2O3. The third-order valence-corrected chi connectivity index (χ3v) is 5.40. The fraction of sp³-hybridized carbons (Fsp3) is 0.120. The predicted octanol–water partition coefficient (Wildman–Crippen LogP) is 5.44. The van der Waals surface area contributed by atoms with Crippen LogP contribution in [0.4, 0.5) is 11.4 Å². The normalized spacial score (nSPS) is 13.7. The highest BCUT2D eigenvalue weighted by Gasteiger charge is 2.40. The van der Waals surface area contributed by atoms with Gasteiger partial charge in [-0.3, -0.25) is 9.59 Å². The highest BCUT2D eigenvalue weighted by molar-refractivity contribution is 6.46. The summed E-state index contributed by atoms with van der Waals surface area (Å²) >= 11 is 6.26. The minimum Gasteiger partial charge on any atom is -0.494 e. The number of benzene rings is 3. The van der Waals surface area contributed by atoms with E-state index in [0.29, 0.717) is 39.9 Å². The first kappa shape index (κ1) is 20.7. The maximum atomic E-state index is 13.4. The molecule has 156 valence electrons. The summed E-state index contributed by atoms with van der Waals surface area (Å²) in [7, 11) is 0. The van der Waals surface area contributed by atoms with E-state index >= 15 is 0 Å². The second kappa shape index (κ2) is 8.66. The monoisotopic (exact) mass is 432 g/mol. The zero-order valence-corrected chi connectivity index (χ0v) is 17.9. The second-order valence-corrected chi connectivity index (χ2v) is 7.48. The quantitative estimate of drug-likeness (QED) is 0.526. The van der Waals surface area contributed by atoms with Crippen LogP contribution in [0.1, 0.15) is 18.1 Å². The molecule has 6 heteroatoms. The average molecular weight is 433 g/mol. The number of nitrogens with zero attached hydrogens (tertiary/aromatic N) is 1. The molecule has 31 heavy (non-hydrogen) atoms. The molecule has 0 fully saturated rings. The van der Waals surface area contributed by atoms with Gasteiger partial charge in [-0.15, -0.1) is 0 Å². The zero-order chi connectivity index (χ0) is 22.0. The first-order valence-corrected chi connectivity index (χ1v) is 10.3. The lowest BCUT2D eigenvalue weighted by atomic mass is 10.0. The summed E-state index contributed by atoms with van der Waals surface area (Å²) in [6, 6.07) is 21.4. The number of anilines is 2. The van der Waals surface area contributed by atoms with Gasteiger partial charge in [0.25, 0.3) is 11.8 Å². The Morgan fingerprint density at radius 3 is 2.29 bits per heavy atom. The fourth-order valence-corrected chi connectivity index (χ4v) is 3.61. The molecule has 0 bridgehead atoms. The lowest BCUT2D eigenvalue weighted by Gasteiger charge is -2.15. The van der Waals surface area contributed by atoms with Gasteiger partial charge >= 0.3 is 0 Å². The number of nitrogens with one attached hydrogen (secondary N) is 1. The Hall–Kier alpha value is -3.57. The summed E-state index contributed by atoms with van der Waals surface area (Å²) in [5.74, 6) is -0.110. The van der Waals surface area contributed by atoms with Crippen molar-refractivity contribution in [3.63, 3.8) is 0 Å². The van der Waals surface area contributed by atoms with Crippen LogP contribution < -0.4 is 15.0 Å². The summed E-state index contributed by atoms with van der Waals surface area (Å²) in [4.78, 5) is 27.9. The van der Waals surface area contributed by atoms with Crippen LogP contribution in [0.15, 0.2) is 78.5 Å². The van der Waals surface area contributed by atoms with Crippen molar-refractivity contribution in [2.45, 2.75) is 13.8 Å². The Morgan fingerprint density at radius 2 is 1.65 bits per heavy atom. The Morgan fingerprint density at radius 1 is 0.935 bits per heavy atom. The minimum atomic E-state index is -0.420. The highest BCUT2D eigenvalue weighted by Crippen LogP contribution is 2.34. The largest absolute Gasteiger partial charge is 0.494 e. The molecule has 0 aliphatic carbocycles. The molecule has 3 aromatic carbocycles. The summed E-state index contributed by atoms with van der Waals surface area (Å²) in [6.07, 6.45) is 0. The van der Waals surface area contributed by atoms with Gasteiger partial charge in [0.05, 0.1) is 17.9 Å². The van der Waals surface area contributed by atoms with Crippen LogP contribution in [-0.4, -0.2) is 18.4 Å². The number of hydrogen-bond acceptors (Lipinski definition) is 4. The minimum absolute atomic E-state index is 0.206. The molecule has 0 saturated heterocycles. The van der Waals surface area contributed by atoms with Crippen LogP contribution in [0.5, 0.6) is 5.75 Å². The van der Waals surface area contributed by atoms with Crippen molar-refractivity contribution in [3.8, 4) is 5.75 Å². The summed E-state index contributed by atoms with van der Waals surface area (Å²) in [5.41, 5.74) is 3.20. The Balaban J connectivity index is 1.79. The lowest BCUT2D eigenvalue weighted by Crippen LogP contribution is -2.32. The summed E-state index contributed by atoms with van der Waals surface area (Å²) < 4.78 is 5.50. The molecule has 2 amide bonds. The predicted molar refractivity (Wildman–Crippen MR) is 123 cm³/mol. The molecule has 0 spiro atoms. The molecular weight excluding hydrogens is 412 g/mol. The van der Waals surface area contributed by atoms with Crippen molar-refractivity contribution in [1.82, 2.24) is 0 Å². The van der Waals surface area contributed by atoms with Crippen molar-refractivity contribution in [3.05, 3.63) is 94.6 Å². The van der Waals surface area contributed by atoms with E-state index in [1.165, 1.54) is 4.90 Å². The van der Waals surface area contributed by atoms with Crippen molar-refractivity contribution in [2.75, 3.05) is 16.8 Å². The first-order valence-electron chi connectivity index (χ1n) is 9.94. The standard InChI is InChI=1S/C25H21ClN2O3/c1-3-31-20-13-10-17(11-14-20)22-23(27-18-12-9-16(2)21(26)15-18)25(30)28(24(22)29)19-7-5-4-6-8-19/h4-15,27H,3H2,1-2H3. The van der Waals surface area contributed by atoms with Crippen LogP contribution in [-0.2, 0) is 9.59 Å². The van der Waals surface area contributed by atoms with Crippen molar-refractivity contribution in [2.24, 2.45) is 0 Å². The van der Waals surface area contributed by atoms with Crippen LogP contribution in [0.2, 0.25) is 5.02 Å². The van der Waals surface area contributed by atoms with Gasteiger partial charge in [-0.25, -0.2) is 4.90 Å². The number of halogens is 1. The molecule has 3 aromatic rings. The Bertz CT molecular complexity index is 1170. The SMILES string of the molecule is CCOc1ccc(C2=C(Nc3ccc(C)c(Cl)c3)C(=O)N(c3ccccc3)C2=O)cc1. The topological polar surface area (TPSA) is 58.6 Å². The summed E-state index contributed by atoms with van der Waals surface area (Å²) in [6.45, 7) is 4.35. The fourth-order valence-electron chi connectivity index (χ4n) is 3.42. The van der Waals surface area contributed by atoms with Crippen LogP contribution >= 0.6 is 11.6 Å². The van der Waals surface area contributed by atoms with Gasteiger partial charge in [0.1, 0.15) is 11.4 Å². The van der Waals surface area contributed by atoms with Gasteiger partial charge in [0.15, 0.2) is 0 Å². The Labute approximate surface area is 185 Å². The van der Waals surface area contributed by atoms with E-state index in [2.05, 4.69) is 5.32 Å². The van der Waals surface area contributed by atoms with E-state index in [1.54, 1.807) is 54.6 Å². The molecule has 0 aromatic heterocycles. The smallest absolute Gasteiger partial charge is 0.282 e. The molecule has 0 unspecified atom stereocenters. The van der Waals surface area contributed by atoms with E-state index < -0.39 is 5.91 Å². The van der Waals surface area contributed by atoms with Crippen LogP contribution in [0, 0.1) is 6.92 Å². The molecule has 0 saturated carbocycles. The number of rotatable bonds is 6. The first-order chi connectivity index (χ1) is 15.0. The van der Waals surface area contributed by atoms with Gasteiger partial charge in [-0.05, 0) is 61.4 Å². The number of aryl methyl sites for hydroxylation is 1. The number of imide groups is 1. The van der Waals surface area contributed by atoms with Crippen molar-refractivity contribution >= 4 is 40.4 Å². The van der Waals surface area contributed by atoms with Gasteiger partial charge < -0.3 is 10.1 Å². The van der Waals surface area contributed by atoms with Gasteiger partial charge in [-0.1, -0.05) is 48.0 Å². The molecule has 5 nitrogen and oxygen atoms in total. The van der Waals surface area contributed by atoms with E-state index in [-0.39, 0.29) is 11.6 Å². The van der Waals surface area contributed by atoms with Crippen molar-refractivity contribution in [1.29, 1.82) is 0 Å². The van der Waals surface area contributed by atoms with E-state index in [4.69, 9.17) is 16.3 Å². The van der Waals surface area contributed by atoms with Crippen LogP contribution in [0.3, 0.4) is 0 Å². The molecule has 1 aliphatic heterocycles. The number of carbonyl (C=O) groups is 2. The van der Waals surface area contributed by atoms with E-state index in [0.717, 1.165) is 5.56 Å². The molecule has 0 radical (unpaired) electrons. The second-order valence-electron chi connectivity index (χ2n) is 7.08. The van der Waals surface area contributed by atoms with Gasteiger partial charge in [0.2, 0.25) is 0 Å². The number of ether oxygens (including phenoxy) is 1. The van der Waals surface area contributed by atoms with Crippen LogP contribution in [0.25, 0.3) is 5.57 Å². The Kier molecular flexibility index (Phi) is 5.78. The van der Waals surface area contributed by atoms with E-state index in [1.807, 2.05) is 32.0 Å². The highest BCUT2D eigenvalue weighted by atomic mass is 35.5. The lowest BCUT2D eigenvalue weighted by molar-refractivity contribution is -0.120. The van der Waals surface area contributed by atoms with Gasteiger partial charge in [-0.2, -0.15) is 0 Å². The molecule has 0 atom stereocenters. The zero-order valence-electron chi connectivity index (χ0n) is 17.2.